The minimum absolute atomic E-state index is 0.00293. The third-order valence-electron chi connectivity index (χ3n) is 5.07. The Hall–Kier alpha value is -2.78. The van der Waals surface area contributed by atoms with Crippen molar-refractivity contribution >= 4 is 23.6 Å². The molecule has 0 bridgehead atoms. The van der Waals surface area contributed by atoms with Crippen molar-refractivity contribution in [2.45, 2.75) is 6.42 Å². The summed E-state index contributed by atoms with van der Waals surface area (Å²) in [7, 11) is 1.57. The smallest absolute Gasteiger partial charge is 0.261 e. The molecule has 2 heterocycles. The molecule has 3 rings (SSSR count). The highest BCUT2D eigenvalue weighted by atomic mass is 16.5. The van der Waals surface area contributed by atoms with E-state index in [1.807, 2.05) is 0 Å². The lowest BCUT2D eigenvalue weighted by atomic mass is 10.1. The van der Waals surface area contributed by atoms with Crippen molar-refractivity contribution in [3.05, 3.63) is 35.4 Å². The van der Waals surface area contributed by atoms with E-state index < -0.39 is 0 Å². The van der Waals surface area contributed by atoms with E-state index in [9.17, 15) is 19.2 Å². The van der Waals surface area contributed by atoms with Gasteiger partial charge in [0.05, 0.1) is 24.3 Å². The van der Waals surface area contributed by atoms with Gasteiger partial charge in [-0.15, -0.1) is 0 Å². The zero-order chi connectivity index (χ0) is 20.8. The molecule has 1 saturated heterocycles. The summed E-state index contributed by atoms with van der Waals surface area (Å²) in [5, 5.41) is 0. The molecule has 0 saturated carbocycles. The van der Waals surface area contributed by atoms with E-state index in [0.29, 0.717) is 50.5 Å². The van der Waals surface area contributed by atoms with Gasteiger partial charge in [-0.1, -0.05) is 12.1 Å². The molecule has 1 aromatic carbocycles. The Balaban J connectivity index is 1.42. The van der Waals surface area contributed by atoms with E-state index in [4.69, 9.17) is 9.47 Å². The minimum atomic E-state index is -0.359. The van der Waals surface area contributed by atoms with Gasteiger partial charge in [0, 0.05) is 46.3 Å². The van der Waals surface area contributed by atoms with E-state index in [1.165, 1.54) is 0 Å². The maximum Gasteiger partial charge on any atom is 0.261 e. The lowest BCUT2D eigenvalue weighted by Crippen LogP contribution is -2.51. The first-order valence-electron chi connectivity index (χ1n) is 9.60. The lowest BCUT2D eigenvalue weighted by Gasteiger charge is -2.35. The van der Waals surface area contributed by atoms with Crippen LogP contribution in [0.5, 0.6) is 0 Å². The topological polar surface area (TPSA) is 96.5 Å². The highest BCUT2D eigenvalue weighted by Gasteiger charge is 2.35. The molecule has 2 aliphatic heterocycles. The summed E-state index contributed by atoms with van der Waals surface area (Å²) in [5.74, 6) is -0.964. The number of methoxy groups -OCH3 is 1. The average molecular weight is 403 g/mol. The van der Waals surface area contributed by atoms with Gasteiger partial charge in [-0.05, 0) is 12.1 Å². The first-order valence-corrected chi connectivity index (χ1v) is 9.60. The van der Waals surface area contributed by atoms with Crippen molar-refractivity contribution in [3.8, 4) is 0 Å². The number of carbonyl (C=O) groups is 4. The van der Waals surface area contributed by atoms with Gasteiger partial charge in [-0.3, -0.25) is 24.1 Å². The molecule has 1 fully saturated rings. The van der Waals surface area contributed by atoms with Gasteiger partial charge in [-0.25, -0.2) is 0 Å². The van der Waals surface area contributed by atoms with Crippen LogP contribution in [0, 0.1) is 0 Å². The van der Waals surface area contributed by atoms with Crippen molar-refractivity contribution < 1.29 is 28.7 Å². The Labute approximate surface area is 169 Å². The van der Waals surface area contributed by atoms with Crippen LogP contribution >= 0.6 is 0 Å². The number of hydrogen-bond donors (Lipinski definition) is 0. The fourth-order valence-corrected chi connectivity index (χ4v) is 3.41. The molecule has 1 aromatic rings. The molecule has 2 aliphatic rings. The van der Waals surface area contributed by atoms with E-state index in [-0.39, 0.29) is 43.2 Å². The number of hydrogen-bond acceptors (Lipinski definition) is 6. The Morgan fingerprint density at radius 2 is 1.45 bits per heavy atom. The molecule has 0 radical (unpaired) electrons. The van der Waals surface area contributed by atoms with Crippen LogP contribution in [0.15, 0.2) is 24.3 Å². The van der Waals surface area contributed by atoms with Gasteiger partial charge in [0.2, 0.25) is 11.8 Å². The molecule has 0 N–H and O–H groups in total. The fourth-order valence-electron chi connectivity index (χ4n) is 3.41. The predicted octanol–water partition coefficient (Wildman–Crippen LogP) is 0.00650. The number of fused-ring (bicyclic) bond motifs is 1. The highest BCUT2D eigenvalue weighted by Crippen LogP contribution is 2.22. The van der Waals surface area contributed by atoms with Crippen LogP contribution in [-0.4, -0.2) is 98.0 Å². The van der Waals surface area contributed by atoms with Crippen LogP contribution < -0.4 is 0 Å². The van der Waals surface area contributed by atoms with Crippen LogP contribution in [0.2, 0.25) is 0 Å². The molecule has 0 aromatic heterocycles. The Morgan fingerprint density at radius 3 is 2.00 bits per heavy atom. The zero-order valence-electron chi connectivity index (χ0n) is 16.5. The van der Waals surface area contributed by atoms with Crippen molar-refractivity contribution in [2.75, 3.05) is 59.7 Å². The van der Waals surface area contributed by atoms with Gasteiger partial charge in [0.15, 0.2) is 0 Å². The second kappa shape index (κ2) is 9.62. The van der Waals surface area contributed by atoms with Crippen LogP contribution in [0.4, 0.5) is 0 Å². The number of nitrogens with zero attached hydrogens (tertiary/aromatic N) is 3. The maximum absolute atomic E-state index is 12.5. The SMILES string of the molecule is COCCOCC(=O)N1CCN(C(=O)CCN2C(=O)c3ccccc3C2=O)CC1. The number of rotatable bonds is 8. The molecular weight excluding hydrogens is 378 g/mol. The molecular formula is C20H25N3O6. The normalized spacial score (nSPS) is 16.4. The van der Waals surface area contributed by atoms with E-state index >= 15 is 0 Å². The van der Waals surface area contributed by atoms with E-state index in [1.54, 1.807) is 41.2 Å². The van der Waals surface area contributed by atoms with Crippen molar-refractivity contribution in [1.82, 2.24) is 14.7 Å². The third kappa shape index (κ3) is 4.80. The number of piperazine rings is 1. The first-order chi connectivity index (χ1) is 14.0. The fraction of sp³-hybridized carbons (Fsp3) is 0.500. The molecule has 9 heteroatoms. The van der Waals surface area contributed by atoms with Crippen LogP contribution in [0.3, 0.4) is 0 Å². The Morgan fingerprint density at radius 1 is 0.897 bits per heavy atom. The summed E-state index contributed by atoms with van der Waals surface area (Å²) >= 11 is 0. The maximum atomic E-state index is 12.5. The standard InChI is InChI=1S/C20H25N3O6/c1-28-12-13-29-14-18(25)22-10-8-21(9-11-22)17(24)6-7-23-19(26)15-4-2-3-5-16(15)20(23)27/h2-5H,6-14H2,1H3. The number of imide groups is 1. The summed E-state index contributed by atoms with van der Waals surface area (Å²) in [6, 6.07) is 6.66. The number of carbonyl (C=O) groups excluding carboxylic acids is 4. The summed E-state index contributed by atoms with van der Waals surface area (Å²) in [6.07, 6.45) is 0.0690. The average Bonchev–Trinajstić information content (AvgIpc) is 2.99. The van der Waals surface area contributed by atoms with Gasteiger partial charge in [0.1, 0.15) is 6.61 Å². The number of amides is 4. The highest BCUT2D eigenvalue weighted by molar-refractivity contribution is 6.21. The van der Waals surface area contributed by atoms with E-state index in [2.05, 4.69) is 0 Å². The van der Waals surface area contributed by atoms with Crippen molar-refractivity contribution in [2.24, 2.45) is 0 Å². The monoisotopic (exact) mass is 403 g/mol. The van der Waals surface area contributed by atoms with Crippen LogP contribution in [-0.2, 0) is 19.1 Å². The summed E-state index contributed by atoms with van der Waals surface area (Å²) in [5.41, 5.74) is 0.759. The third-order valence-corrected chi connectivity index (χ3v) is 5.07. The van der Waals surface area contributed by atoms with Crippen molar-refractivity contribution in [3.63, 3.8) is 0 Å². The molecule has 0 spiro atoms. The summed E-state index contributed by atoms with van der Waals surface area (Å²) in [6.45, 7) is 2.56. The molecule has 29 heavy (non-hydrogen) atoms. The van der Waals surface area contributed by atoms with Gasteiger partial charge in [0.25, 0.3) is 11.8 Å². The largest absolute Gasteiger partial charge is 0.382 e. The Kier molecular flexibility index (Phi) is 6.95. The summed E-state index contributed by atoms with van der Waals surface area (Å²) < 4.78 is 10.1. The second-order valence-electron chi connectivity index (χ2n) is 6.86. The molecule has 0 unspecified atom stereocenters. The van der Waals surface area contributed by atoms with Crippen LogP contribution in [0.1, 0.15) is 27.1 Å². The van der Waals surface area contributed by atoms with Crippen molar-refractivity contribution in [1.29, 1.82) is 0 Å². The quantitative estimate of drug-likeness (QED) is 0.448. The molecule has 0 aliphatic carbocycles. The first kappa shape index (κ1) is 20.9. The van der Waals surface area contributed by atoms with Crippen LogP contribution in [0.25, 0.3) is 0 Å². The number of ether oxygens (including phenoxy) is 2. The second-order valence-corrected chi connectivity index (χ2v) is 6.86. The predicted molar refractivity (Wildman–Crippen MR) is 102 cm³/mol. The van der Waals surface area contributed by atoms with Gasteiger partial charge < -0.3 is 19.3 Å². The molecule has 0 atom stereocenters. The molecule has 156 valence electrons. The van der Waals surface area contributed by atoms with Gasteiger partial charge in [-0.2, -0.15) is 0 Å². The molecule has 9 nitrogen and oxygen atoms in total. The summed E-state index contributed by atoms with van der Waals surface area (Å²) in [4.78, 5) is 53.8. The molecule has 4 amide bonds. The minimum Gasteiger partial charge on any atom is -0.382 e. The Bertz CT molecular complexity index is 753. The zero-order valence-corrected chi connectivity index (χ0v) is 16.5. The van der Waals surface area contributed by atoms with Gasteiger partial charge >= 0.3 is 0 Å². The lowest BCUT2D eigenvalue weighted by molar-refractivity contribution is -0.142. The number of benzene rings is 1. The van der Waals surface area contributed by atoms with E-state index in [0.717, 1.165) is 4.90 Å².